The van der Waals surface area contributed by atoms with Crippen molar-refractivity contribution in [2.75, 3.05) is 5.32 Å². The van der Waals surface area contributed by atoms with Gasteiger partial charge in [-0.15, -0.1) is 11.3 Å². The molecule has 0 unspecified atom stereocenters. The number of fused-ring (bicyclic) bond motifs is 1. The Kier molecular flexibility index (Phi) is 4.09. The van der Waals surface area contributed by atoms with Crippen LogP contribution >= 0.6 is 11.3 Å². The van der Waals surface area contributed by atoms with E-state index in [0.29, 0.717) is 11.5 Å². The van der Waals surface area contributed by atoms with Gasteiger partial charge in [-0.2, -0.15) is 0 Å². The highest BCUT2D eigenvalue weighted by molar-refractivity contribution is 7.17. The number of nitrogens with one attached hydrogen (secondary N) is 1. The fraction of sp³-hybridized carbons (Fsp3) is 0.143. The first kappa shape index (κ1) is 16.5. The number of nitrogens with zero attached hydrogens (tertiary/aromatic N) is 2. The van der Waals surface area contributed by atoms with E-state index < -0.39 is 0 Å². The van der Waals surface area contributed by atoms with Gasteiger partial charge in [0.2, 0.25) is 0 Å². The molecule has 26 heavy (non-hydrogen) atoms. The van der Waals surface area contributed by atoms with Crippen molar-refractivity contribution < 1.29 is 5.11 Å². The van der Waals surface area contributed by atoms with Crippen LogP contribution in [0, 0.1) is 20.8 Å². The Morgan fingerprint density at radius 2 is 1.81 bits per heavy atom. The van der Waals surface area contributed by atoms with Crippen molar-refractivity contribution >= 4 is 33.1 Å². The molecule has 0 aliphatic rings. The molecule has 130 valence electrons. The summed E-state index contributed by atoms with van der Waals surface area (Å²) < 4.78 is 0. The lowest BCUT2D eigenvalue weighted by Gasteiger charge is -2.11. The number of hydrogen-bond donors (Lipinski definition) is 2. The van der Waals surface area contributed by atoms with Crippen LogP contribution in [0.25, 0.3) is 21.3 Å². The summed E-state index contributed by atoms with van der Waals surface area (Å²) in [6, 6.07) is 12.0. The predicted molar refractivity (Wildman–Crippen MR) is 108 cm³/mol. The zero-order chi connectivity index (χ0) is 18.3. The van der Waals surface area contributed by atoms with Crippen molar-refractivity contribution in [1.82, 2.24) is 9.97 Å². The Bertz CT molecular complexity index is 1120. The quantitative estimate of drug-likeness (QED) is 0.457. The molecule has 5 heteroatoms. The van der Waals surface area contributed by atoms with Crippen LogP contribution in [0.1, 0.15) is 16.7 Å². The zero-order valence-corrected chi connectivity index (χ0v) is 15.7. The third-order valence-corrected chi connectivity index (χ3v) is 5.48. The first-order valence-corrected chi connectivity index (χ1v) is 9.27. The van der Waals surface area contributed by atoms with Crippen LogP contribution in [-0.4, -0.2) is 15.1 Å². The minimum atomic E-state index is 0.208. The summed E-state index contributed by atoms with van der Waals surface area (Å²) in [5, 5.41) is 16.6. The summed E-state index contributed by atoms with van der Waals surface area (Å²) in [6.45, 7) is 6.18. The number of hydrogen-bond acceptors (Lipinski definition) is 5. The molecule has 4 rings (SSSR count). The van der Waals surface area contributed by atoms with E-state index in [2.05, 4.69) is 52.7 Å². The van der Waals surface area contributed by atoms with Gasteiger partial charge in [0, 0.05) is 10.9 Å². The maximum Gasteiger partial charge on any atom is 0.143 e. The van der Waals surface area contributed by atoms with Crippen LogP contribution in [0.3, 0.4) is 0 Å². The van der Waals surface area contributed by atoms with Crippen LogP contribution in [0.4, 0.5) is 11.5 Å². The third kappa shape index (κ3) is 2.91. The largest absolute Gasteiger partial charge is 0.506 e. The number of benzene rings is 2. The molecule has 0 bridgehead atoms. The van der Waals surface area contributed by atoms with E-state index in [0.717, 1.165) is 26.9 Å². The average Bonchev–Trinajstić information content (AvgIpc) is 3.05. The molecule has 4 aromatic rings. The number of aromatic hydroxyl groups is 1. The Labute approximate surface area is 156 Å². The van der Waals surface area contributed by atoms with Crippen molar-refractivity contribution in [1.29, 1.82) is 0 Å². The molecular formula is C21H19N3OS. The maximum absolute atomic E-state index is 10.2. The minimum Gasteiger partial charge on any atom is -0.506 e. The van der Waals surface area contributed by atoms with Gasteiger partial charge in [-0.05, 0) is 55.2 Å². The van der Waals surface area contributed by atoms with Gasteiger partial charge in [-0.3, -0.25) is 0 Å². The number of aromatic nitrogens is 2. The lowest BCUT2D eigenvalue weighted by Crippen LogP contribution is -1.96. The molecule has 0 aliphatic heterocycles. The molecule has 0 aliphatic carbocycles. The highest BCUT2D eigenvalue weighted by Gasteiger charge is 2.14. The molecule has 2 N–H and O–H groups in total. The van der Waals surface area contributed by atoms with Gasteiger partial charge in [0.1, 0.15) is 22.7 Å². The highest BCUT2D eigenvalue weighted by atomic mass is 32.1. The number of rotatable bonds is 3. The Balaban J connectivity index is 1.85. The summed E-state index contributed by atoms with van der Waals surface area (Å²) in [7, 11) is 0. The Morgan fingerprint density at radius 1 is 0.962 bits per heavy atom. The molecule has 2 heterocycles. The van der Waals surface area contributed by atoms with Crippen LogP contribution in [0.5, 0.6) is 5.75 Å². The Hall–Kier alpha value is -2.92. The number of phenolic OH excluding ortho intramolecular Hbond substituents is 1. The molecule has 0 radical (unpaired) electrons. The van der Waals surface area contributed by atoms with Gasteiger partial charge in [0.05, 0.1) is 11.1 Å². The molecular weight excluding hydrogens is 342 g/mol. The summed E-state index contributed by atoms with van der Waals surface area (Å²) in [5.41, 5.74) is 6.41. The van der Waals surface area contributed by atoms with Crippen LogP contribution < -0.4 is 5.32 Å². The fourth-order valence-corrected chi connectivity index (χ4v) is 3.88. The van der Waals surface area contributed by atoms with E-state index in [4.69, 9.17) is 0 Å². The van der Waals surface area contributed by atoms with E-state index >= 15 is 0 Å². The average molecular weight is 361 g/mol. The van der Waals surface area contributed by atoms with Gasteiger partial charge >= 0.3 is 0 Å². The molecule has 4 nitrogen and oxygen atoms in total. The topological polar surface area (TPSA) is 58.0 Å². The second-order valence-corrected chi connectivity index (χ2v) is 7.35. The van der Waals surface area contributed by atoms with Gasteiger partial charge in [0.25, 0.3) is 0 Å². The summed E-state index contributed by atoms with van der Waals surface area (Å²) >= 11 is 1.60. The SMILES string of the molecule is Cc1ccc(Nc2ncnc3scc(-c4ccc(C)c(C)c4)c23)c(O)c1. The molecule has 2 aromatic heterocycles. The van der Waals surface area contributed by atoms with Crippen molar-refractivity contribution in [3.63, 3.8) is 0 Å². The highest BCUT2D eigenvalue weighted by Crippen LogP contribution is 2.39. The second kappa shape index (κ2) is 6.42. The van der Waals surface area contributed by atoms with Crippen molar-refractivity contribution in [3.05, 3.63) is 64.8 Å². The Morgan fingerprint density at radius 3 is 2.58 bits per heavy atom. The third-order valence-electron chi connectivity index (χ3n) is 4.59. The van der Waals surface area contributed by atoms with Crippen molar-refractivity contribution in [2.24, 2.45) is 0 Å². The normalized spacial score (nSPS) is 11.0. The monoisotopic (exact) mass is 361 g/mol. The molecule has 2 aromatic carbocycles. The second-order valence-electron chi connectivity index (χ2n) is 6.50. The van der Waals surface area contributed by atoms with Gasteiger partial charge in [-0.1, -0.05) is 24.3 Å². The van der Waals surface area contributed by atoms with Crippen molar-refractivity contribution in [2.45, 2.75) is 20.8 Å². The van der Waals surface area contributed by atoms with Gasteiger partial charge in [0.15, 0.2) is 0 Å². The molecule has 0 saturated heterocycles. The van der Waals surface area contributed by atoms with E-state index in [9.17, 15) is 5.11 Å². The van der Waals surface area contributed by atoms with Gasteiger partial charge in [-0.25, -0.2) is 9.97 Å². The minimum absolute atomic E-state index is 0.208. The summed E-state index contributed by atoms with van der Waals surface area (Å²) in [5.74, 6) is 0.906. The number of anilines is 2. The van der Waals surface area contributed by atoms with E-state index in [1.807, 2.05) is 19.1 Å². The van der Waals surface area contributed by atoms with Crippen LogP contribution in [-0.2, 0) is 0 Å². The van der Waals surface area contributed by atoms with Crippen LogP contribution in [0.2, 0.25) is 0 Å². The standard InChI is InChI=1S/C21H19N3OS/c1-12-4-7-17(18(25)8-12)24-20-19-16(10-26-21(19)23-11-22-20)15-6-5-13(2)14(3)9-15/h4-11,25H,1-3H3,(H,22,23,24). The lowest BCUT2D eigenvalue weighted by molar-refractivity contribution is 0.477. The maximum atomic E-state index is 10.2. The lowest BCUT2D eigenvalue weighted by atomic mass is 10.0. The summed E-state index contributed by atoms with van der Waals surface area (Å²) in [6.07, 6.45) is 1.55. The number of thiophene rings is 1. The molecule has 0 atom stereocenters. The smallest absolute Gasteiger partial charge is 0.143 e. The predicted octanol–water partition coefficient (Wildman–Crippen LogP) is 5.73. The van der Waals surface area contributed by atoms with E-state index in [1.54, 1.807) is 23.7 Å². The zero-order valence-electron chi connectivity index (χ0n) is 14.9. The summed E-state index contributed by atoms with van der Waals surface area (Å²) in [4.78, 5) is 9.77. The molecule has 0 fully saturated rings. The van der Waals surface area contributed by atoms with Crippen LogP contribution in [0.15, 0.2) is 48.1 Å². The first-order chi connectivity index (χ1) is 12.5. The first-order valence-electron chi connectivity index (χ1n) is 8.39. The van der Waals surface area contributed by atoms with E-state index in [1.165, 1.54) is 11.1 Å². The molecule has 0 saturated carbocycles. The van der Waals surface area contributed by atoms with Gasteiger partial charge < -0.3 is 10.4 Å². The fourth-order valence-electron chi connectivity index (χ4n) is 2.97. The number of phenols is 1. The molecule has 0 spiro atoms. The van der Waals surface area contributed by atoms with Crippen molar-refractivity contribution in [3.8, 4) is 16.9 Å². The molecule has 0 amide bonds. The number of aryl methyl sites for hydroxylation is 3. The van der Waals surface area contributed by atoms with E-state index in [-0.39, 0.29) is 5.75 Å².